The normalized spacial score (nSPS) is 10.7. The molecule has 3 N–H and O–H groups in total. The third-order valence-corrected chi connectivity index (χ3v) is 2.93. The molecule has 0 aliphatic heterocycles. The van der Waals surface area contributed by atoms with E-state index in [9.17, 15) is 0 Å². The van der Waals surface area contributed by atoms with Gasteiger partial charge in [0.1, 0.15) is 0 Å². The highest BCUT2D eigenvalue weighted by molar-refractivity contribution is 5.98. The van der Waals surface area contributed by atoms with Crippen LogP contribution in [-0.2, 0) is 6.54 Å². The Balaban J connectivity index is 1.79. The van der Waals surface area contributed by atoms with Gasteiger partial charge in [-0.2, -0.15) is 0 Å². The molecule has 6 heteroatoms. The van der Waals surface area contributed by atoms with Crippen LogP contribution in [0.1, 0.15) is 0 Å². The van der Waals surface area contributed by atoms with Crippen LogP contribution in [0.5, 0.6) is 0 Å². The summed E-state index contributed by atoms with van der Waals surface area (Å²) in [6.07, 6.45) is 5.25. The van der Waals surface area contributed by atoms with E-state index in [1.165, 1.54) is 0 Å². The minimum atomic E-state index is 0.692. The van der Waals surface area contributed by atoms with Gasteiger partial charge in [-0.05, 0) is 24.3 Å². The van der Waals surface area contributed by atoms with Crippen molar-refractivity contribution in [3.05, 3.63) is 42.9 Å². The van der Waals surface area contributed by atoms with E-state index in [2.05, 4.69) is 20.6 Å². The maximum Gasteiger partial charge on any atom is 0.0951 e. The second-order valence-electron chi connectivity index (χ2n) is 4.19. The SMILES string of the molecule is Nc1ccc(NCCn2ccnn2)c2cccnc12. The zero-order valence-electron chi connectivity index (χ0n) is 10.3. The quantitative estimate of drug-likeness (QED) is 0.690. The zero-order valence-corrected chi connectivity index (χ0v) is 10.3. The Labute approximate surface area is 110 Å². The summed E-state index contributed by atoms with van der Waals surface area (Å²) in [5.41, 5.74) is 8.46. The van der Waals surface area contributed by atoms with Crippen molar-refractivity contribution in [2.45, 2.75) is 6.54 Å². The second kappa shape index (κ2) is 4.93. The molecule has 2 heterocycles. The van der Waals surface area contributed by atoms with Crippen LogP contribution in [0.3, 0.4) is 0 Å². The van der Waals surface area contributed by atoms with E-state index in [-0.39, 0.29) is 0 Å². The zero-order chi connectivity index (χ0) is 13.1. The highest BCUT2D eigenvalue weighted by atomic mass is 15.4. The Bertz CT molecular complexity index is 677. The van der Waals surface area contributed by atoms with Crippen LogP contribution in [0.2, 0.25) is 0 Å². The lowest BCUT2D eigenvalue weighted by atomic mass is 10.1. The summed E-state index contributed by atoms with van der Waals surface area (Å²) < 4.78 is 1.78. The molecular weight excluding hydrogens is 240 g/mol. The lowest BCUT2D eigenvalue weighted by molar-refractivity contribution is 0.609. The molecule has 0 saturated heterocycles. The molecule has 0 bridgehead atoms. The van der Waals surface area contributed by atoms with Crippen molar-refractivity contribution in [1.29, 1.82) is 0 Å². The molecule has 3 aromatic rings. The standard InChI is InChI=1S/C13H14N6/c14-11-3-4-12(10-2-1-5-16-13(10)11)15-6-8-19-9-7-17-18-19/h1-5,7,9,15H,6,8,14H2. The average Bonchev–Trinajstić information content (AvgIpc) is 2.95. The summed E-state index contributed by atoms with van der Waals surface area (Å²) in [5, 5.41) is 12.1. The van der Waals surface area contributed by atoms with Gasteiger partial charge in [-0.3, -0.25) is 9.67 Å². The first-order valence-electron chi connectivity index (χ1n) is 6.06. The number of nitrogens with two attached hydrogens (primary N) is 1. The van der Waals surface area contributed by atoms with Gasteiger partial charge in [-0.1, -0.05) is 5.21 Å². The molecule has 19 heavy (non-hydrogen) atoms. The van der Waals surface area contributed by atoms with Gasteiger partial charge in [0.2, 0.25) is 0 Å². The third kappa shape index (κ3) is 2.33. The van der Waals surface area contributed by atoms with Gasteiger partial charge < -0.3 is 11.1 Å². The van der Waals surface area contributed by atoms with E-state index >= 15 is 0 Å². The highest BCUT2D eigenvalue weighted by Gasteiger charge is 2.04. The van der Waals surface area contributed by atoms with Crippen molar-refractivity contribution in [3.63, 3.8) is 0 Å². The fourth-order valence-corrected chi connectivity index (χ4v) is 2.01. The number of pyridine rings is 1. The van der Waals surface area contributed by atoms with E-state index in [1.807, 2.05) is 30.5 Å². The van der Waals surface area contributed by atoms with Gasteiger partial charge >= 0.3 is 0 Å². The first kappa shape index (κ1) is 11.5. The Hall–Kier alpha value is -2.63. The van der Waals surface area contributed by atoms with E-state index in [1.54, 1.807) is 17.1 Å². The number of hydrogen-bond acceptors (Lipinski definition) is 5. The second-order valence-corrected chi connectivity index (χ2v) is 4.19. The van der Waals surface area contributed by atoms with E-state index in [4.69, 9.17) is 5.73 Å². The number of nitrogens with zero attached hydrogens (tertiary/aromatic N) is 4. The fourth-order valence-electron chi connectivity index (χ4n) is 2.01. The van der Waals surface area contributed by atoms with Gasteiger partial charge in [-0.25, -0.2) is 0 Å². The number of aromatic nitrogens is 4. The summed E-state index contributed by atoms with van der Waals surface area (Å²) >= 11 is 0. The van der Waals surface area contributed by atoms with Crippen LogP contribution in [-0.4, -0.2) is 26.5 Å². The molecule has 2 aromatic heterocycles. The largest absolute Gasteiger partial charge is 0.397 e. The summed E-state index contributed by atoms with van der Waals surface area (Å²) in [5.74, 6) is 0. The van der Waals surface area contributed by atoms with Crippen molar-refractivity contribution < 1.29 is 0 Å². The smallest absolute Gasteiger partial charge is 0.0951 e. The minimum Gasteiger partial charge on any atom is -0.397 e. The summed E-state index contributed by atoms with van der Waals surface area (Å²) in [6, 6.07) is 7.76. The van der Waals surface area contributed by atoms with Crippen LogP contribution in [0.25, 0.3) is 10.9 Å². The van der Waals surface area contributed by atoms with Crippen molar-refractivity contribution in [2.24, 2.45) is 0 Å². The van der Waals surface area contributed by atoms with Crippen LogP contribution in [0, 0.1) is 0 Å². The highest BCUT2D eigenvalue weighted by Crippen LogP contribution is 2.26. The molecule has 0 saturated carbocycles. The van der Waals surface area contributed by atoms with Gasteiger partial charge in [0.15, 0.2) is 0 Å². The molecular formula is C13H14N6. The molecule has 0 amide bonds. The third-order valence-electron chi connectivity index (χ3n) is 2.93. The van der Waals surface area contributed by atoms with Crippen LogP contribution < -0.4 is 11.1 Å². The number of nitrogens with one attached hydrogen (secondary N) is 1. The average molecular weight is 254 g/mol. The van der Waals surface area contributed by atoms with Gasteiger partial charge in [0, 0.05) is 30.0 Å². The Kier molecular flexibility index (Phi) is 2.97. The van der Waals surface area contributed by atoms with Crippen LogP contribution >= 0.6 is 0 Å². The van der Waals surface area contributed by atoms with Gasteiger partial charge in [0.25, 0.3) is 0 Å². The van der Waals surface area contributed by atoms with Crippen molar-refractivity contribution in [2.75, 3.05) is 17.6 Å². The number of benzene rings is 1. The van der Waals surface area contributed by atoms with E-state index in [0.717, 1.165) is 29.7 Å². The predicted molar refractivity (Wildman–Crippen MR) is 74.7 cm³/mol. The molecule has 0 unspecified atom stereocenters. The Morgan fingerprint density at radius 2 is 2.16 bits per heavy atom. The van der Waals surface area contributed by atoms with E-state index in [0.29, 0.717) is 5.69 Å². The van der Waals surface area contributed by atoms with Crippen LogP contribution in [0.15, 0.2) is 42.9 Å². The molecule has 0 fully saturated rings. The Morgan fingerprint density at radius 3 is 3.00 bits per heavy atom. The molecule has 0 radical (unpaired) electrons. The molecule has 0 aliphatic carbocycles. The number of fused-ring (bicyclic) bond motifs is 1. The maximum atomic E-state index is 5.92. The monoisotopic (exact) mass is 254 g/mol. The number of anilines is 2. The summed E-state index contributed by atoms with van der Waals surface area (Å²) in [4.78, 5) is 4.31. The molecule has 1 aromatic carbocycles. The first-order chi connectivity index (χ1) is 9.34. The molecule has 0 spiro atoms. The number of nitrogen functional groups attached to an aromatic ring is 1. The Morgan fingerprint density at radius 1 is 1.21 bits per heavy atom. The predicted octanol–water partition coefficient (Wildman–Crippen LogP) is 1.52. The van der Waals surface area contributed by atoms with E-state index < -0.39 is 0 Å². The van der Waals surface area contributed by atoms with Crippen LogP contribution in [0.4, 0.5) is 11.4 Å². The lowest BCUT2D eigenvalue weighted by Gasteiger charge is -2.10. The number of hydrogen-bond donors (Lipinski definition) is 2. The fraction of sp³-hybridized carbons (Fsp3) is 0.154. The van der Waals surface area contributed by atoms with Crippen molar-refractivity contribution in [1.82, 2.24) is 20.0 Å². The maximum absolute atomic E-state index is 5.92. The summed E-state index contributed by atoms with van der Waals surface area (Å²) in [7, 11) is 0. The molecule has 3 rings (SSSR count). The molecule has 0 aliphatic rings. The lowest BCUT2D eigenvalue weighted by Crippen LogP contribution is -2.11. The summed E-state index contributed by atoms with van der Waals surface area (Å²) in [6.45, 7) is 1.52. The molecule has 0 atom stereocenters. The number of rotatable bonds is 4. The van der Waals surface area contributed by atoms with Crippen molar-refractivity contribution in [3.8, 4) is 0 Å². The topological polar surface area (TPSA) is 81.6 Å². The van der Waals surface area contributed by atoms with Crippen molar-refractivity contribution >= 4 is 22.3 Å². The van der Waals surface area contributed by atoms with Gasteiger partial charge in [-0.15, -0.1) is 5.10 Å². The molecule has 6 nitrogen and oxygen atoms in total. The van der Waals surface area contributed by atoms with Gasteiger partial charge in [0.05, 0.1) is 23.9 Å². The minimum absolute atomic E-state index is 0.692. The first-order valence-corrected chi connectivity index (χ1v) is 6.06. The molecule has 96 valence electrons.